The number of benzene rings is 1. The van der Waals surface area contributed by atoms with Gasteiger partial charge in [0.2, 0.25) is 11.8 Å². The molecule has 0 unspecified atom stereocenters. The van der Waals surface area contributed by atoms with Gasteiger partial charge in [0.1, 0.15) is 11.5 Å². The molecular formula is C40H80Cl4N6O4. The predicted molar refractivity (Wildman–Crippen MR) is 237 cm³/mol. The molecule has 0 aliphatic heterocycles. The van der Waals surface area contributed by atoms with E-state index in [9.17, 15) is 9.59 Å². The largest absolute Gasteiger partial charge is 0.494 e. The van der Waals surface area contributed by atoms with Crippen LogP contribution in [0.1, 0.15) is 142 Å². The van der Waals surface area contributed by atoms with Gasteiger partial charge >= 0.3 is 0 Å². The van der Waals surface area contributed by atoms with Gasteiger partial charge in [-0.05, 0) is 102 Å². The maximum absolute atomic E-state index is 13.1. The van der Waals surface area contributed by atoms with Crippen molar-refractivity contribution in [2.45, 2.75) is 154 Å². The van der Waals surface area contributed by atoms with Crippen molar-refractivity contribution >= 4 is 61.4 Å². The van der Waals surface area contributed by atoms with Gasteiger partial charge in [-0.3, -0.25) is 9.59 Å². The normalized spacial score (nSPS) is 11.5. The zero-order valence-electron chi connectivity index (χ0n) is 33.7. The molecule has 0 spiro atoms. The number of hydrogen-bond acceptors (Lipinski definition) is 8. The van der Waals surface area contributed by atoms with Crippen LogP contribution >= 0.6 is 49.6 Å². The summed E-state index contributed by atoms with van der Waals surface area (Å²) in [5, 5.41) is 0. The second-order valence-corrected chi connectivity index (χ2v) is 13.8. The highest BCUT2D eigenvalue weighted by Crippen LogP contribution is 2.19. The monoisotopic (exact) mass is 848 g/mol. The second kappa shape index (κ2) is 41.4. The molecule has 1 aromatic carbocycles. The Hall–Kier alpha value is -1.24. The lowest BCUT2D eigenvalue weighted by Gasteiger charge is -2.26. The number of halogens is 4. The Balaban J connectivity index is -0.00000312. The molecule has 0 heterocycles. The number of amides is 2. The van der Waals surface area contributed by atoms with Crippen molar-refractivity contribution in [1.82, 2.24) is 9.80 Å². The fourth-order valence-corrected chi connectivity index (χ4v) is 6.03. The fraction of sp³-hybridized carbons (Fsp3) is 0.800. The Labute approximate surface area is 354 Å². The standard InChI is InChI=1S/C40H76N6O4.4ClH/c1-3-5-7-9-15-29-45(39(47)37(43)21-11-13-27-41)31-17-19-33-49-35-23-25-36(26-24-35)50-34-20-18-32-46(30-16-10-8-6-4-2)40(48)38(44)22-12-14-28-42;;;;/h23-26,37-38H,3-22,27-34,41-44H2,1-2H3;4*1H/t37-,38-;;;;/m0..../s1. The first-order valence-corrected chi connectivity index (χ1v) is 20.2. The molecule has 2 amide bonds. The number of nitrogens with zero attached hydrogens (tertiary/aromatic N) is 2. The third-order valence-electron chi connectivity index (χ3n) is 9.27. The van der Waals surface area contributed by atoms with E-state index in [2.05, 4.69) is 13.8 Å². The molecule has 0 saturated carbocycles. The molecule has 0 bridgehead atoms. The number of hydrogen-bond donors (Lipinski definition) is 4. The first-order chi connectivity index (χ1) is 24.4. The molecule has 0 fully saturated rings. The minimum Gasteiger partial charge on any atom is -0.494 e. The van der Waals surface area contributed by atoms with Crippen LogP contribution in [0.5, 0.6) is 11.5 Å². The zero-order chi connectivity index (χ0) is 36.7. The first kappa shape index (κ1) is 59.5. The Morgan fingerprint density at radius 3 is 1.13 bits per heavy atom. The highest BCUT2D eigenvalue weighted by atomic mass is 35.5. The van der Waals surface area contributed by atoms with Crippen LogP contribution in [0.4, 0.5) is 0 Å². The van der Waals surface area contributed by atoms with Crippen LogP contribution in [0, 0.1) is 0 Å². The summed E-state index contributed by atoms with van der Waals surface area (Å²) in [5.41, 5.74) is 23.8. The summed E-state index contributed by atoms with van der Waals surface area (Å²) < 4.78 is 12.0. The maximum atomic E-state index is 13.1. The number of nitrogens with two attached hydrogens (primary N) is 4. The summed E-state index contributed by atoms with van der Waals surface area (Å²) in [5.74, 6) is 1.74. The minimum absolute atomic E-state index is 0. The van der Waals surface area contributed by atoms with Gasteiger partial charge in [0.15, 0.2) is 0 Å². The Morgan fingerprint density at radius 2 is 0.815 bits per heavy atom. The lowest BCUT2D eigenvalue weighted by molar-refractivity contribution is -0.133. The summed E-state index contributed by atoms with van der Waals surface area (Å²) in [6, 6.07) is 6.86. The van der Waals surface area contributed by atoms with Gasteiger partial charge in [-0.15, -0.1) is 49.6 Å². The molecule has 2 atom stereocenters. The summed E-state index contributed by atoms with van der Waals surface area (Å²) in [6.45, 7) is 9.83. The SMILES string of the molecule is CCCCCCCN(CCCCOc1ccc(OCCCCN(CCCCCCC)C(=O)[C@@H](N)CCCCN)cc1)C(=O)[C@@H](N)CCCCN.Cl.Cl.Cl.Cl. The van der Waals surface area contributed by atoms with Crippen LogP contribution in [-0.2, 0) is 9.59 Å². The van der Waals surface area contributed by atoms with Gasteiger partial charge in [0.25, 0.3) is 0 Å². The molecule has 1 aromatic rings. The second-order valence-electron chi connectivity index (χ2n) is 13.8. The van der Waals surface area contributed by atoms with Crippen LogP contribution in [-0.4, -0.2) is 86.2 Å². The number of unbranched alkanes of at least 4 members (excludes halogenated alkanes) is 12. The van der Waals surface area contributed by atoms with Crippen LogP contribution in [0.15, 0.2) is 24.3 Å². The highest BCUT2D eigenvalue weighted by Gasteiger charge is 2.21. The molecule has 0 radical (unpaired) electrons. The fourth-order valence-electron chi connectivity index (χ4n) is 6.03. The summed E-state index contributed by atoms with van der Waals surface area (Å²) in [6.07, 6.45) is 20.1. The van der Waals surface area contributed by atoms with Gasteiger partial charge in [0.05, 0.1) is 25.3 Å². The summed E-state index contributed by atoms with van der Waals surface area (Å²) >= 11 is 0. The molecule has 0 aromatic heterocycles. The minimum atomic E-state index is -0.446. The third-order valence-corrected chi connectivity index (χ3v) is 9.27. The van der Waals surface area contributed by atoms with E-state index in [4.69, 9.17) is 32.4 Å². The van der Waals surface area contributed by atoms with Crippen molar-refractivity contribution in [2.24, 2.45) is 22.9 Å². The topological polar surface area (TPSA) is 163 Å². The molecule has 322 valence electrons. The lowest BCUT2D eigenvalue weighted by atomic mass is 10.1. The van der Waals surface area contributed by atoms with Crippen molar-refractivity contribution in [2.75, 3.05) is 52.5 Å². The van der Waals surface area contributed by atoms with E-state index in [1.165, 1.54) is 38.5 Å². The van der Waals surface area contributed by atoms with Crippen LogP contribution in [0.2, 0.25) is 0 Å². The third kappa shape index (κ3) is 30.0. The van der Waals surface area contributed by atoms with E-state index in [0.717, 1.165) is 102 Å². The Bertz CT molecular complexity index is 896. The van der Waals surface area contributed by atoms with E-state index in [1.807, 2.05) is 34.1 Å². The average Bonchev–Trinajstić information content (AvgIpc) is 3.12. The number of ether oxygens (including phenoxy) is 2. The molecule has 54 heavy (non-hydrogen) atoms. The smallest absolute Gasteiger partial charge is 0.239 e. The molecule has 0 saturated heterocycles. The molecule has 10 nitrogen and oxygen atoms in total. The average molecular weight is 851 g/mol. The van der Waals surface area contributed by atoms with Gasteiger partial charge in [-0.2, -0.15) is 0 Å². The van der Waals surface area contributed by atoms with Crippen LogP contribution in [0.3, 0.4) is 0 Å². The first-order valence-electron chi connectivity index (χ1n) is 20.2. The van der Waals surface area contributed by atoms with Crippen LogP contribution in [0.25, 0.3) is 0 Å². The molecule has 14 heteroatoms. The molecule has 1 rings (SSSR count). The molecule has 8 N–H and O–H groups in total. The summed E-state index contributed by atoms with van der Waals surface area (Å²) in [4.78, 5) is 30.1. The number of carbonyl (C=O) groups is 2. The molecular weight excluding hydrogens is 770 g/mol. The van der Waals surface area contributed by atoms with Gasteiger partial charge in [0, 0.05) is 26.2 Å². The predicted octanol–water partition coefficient (Wildman–Crippen LogP) is 8.20. The van der Waals surface area contributed by atoms with E-state index < -0.39 is 12.1 Å². The van der Waals surface area contributed by atoms with Crippen molar-refractivity contribution in [3.05, 3.63) is 24.3 Å². The Kier molecular flexibility index (Phi) is 45.6. The van der Waals surface area contributed by atoms with Crippen molar-refractivity contribution in [3.63, 3.8) is 0 Å². The van der Waals surface area contributed by atoms with Crippen molar-refractivity contribution < 1.29 is 19.1 Å². The maximum Gasteiger partial charge on any atom is 0.239 e. The zero-order valence-corrected chi connectivity index (χ0v) is 37.0. The van der Waals surface area contributed by atoms with E-state index in [-0.39, 0.29) is 61.4 Å². The summed E-state index contributed by atoms with van der Waals surface area (Å²) in [7, 11) is 0. The van der Waals surface area contributed by atoms with E-state index >= 15 is 0 Å². The molecule has 0 aliphatic carbocycles. The highest BCUT2D eigenvalue weighted by molar-refractivity contribution is 5.86. The number of carbonyl (C=O) groups excluding carboxylic acids is 2. The van der Waals surface area contributed by atoms with E-state index in [1.54, 1.807) is 0 Å². The van der Waals surface area contributed by atoms with Gasteiger partial charge in [-0.1, -0.05) is 78.1 Å². The van der Waals surface area contributed by atoms with Crippen molar-refractivity contribution in [3.8, 4) is 11.5 Å². The Morgan fingerprint density at radius 1 is 0.500 bits per heavy atom. The number of rotatable bonds is 34. The van der Waals surface area contributed by atoms with Crippen LogP contribution < -0.4 is 32.4 Å². The van der Waals surface area contributed by atoms with Crippen molar-refractivity contribution in [1.29, 1.82) is 0 Å². The quantitative estimate of drug-likeness (QED) is 0.0505. The molecule has 0 aliphatic rings. The van der Waals surface area contributed by atoms with E-state index in [0.29, 0.717) is 52.2 Å². The lowest BCUT2D eigenvalue weighted by Crippen LogP contribution is -2.44. The van der Waals surface area contributed by atoms with Gasteiger partial charge in [-0.25, -0.2) is 0 Å². The van der Waals surface area contributed by atoms with Gasteiger partial charge < -0.3 is 42.2 Å².